The maximum Gasteiger partial charge on any atom is 0.246 e. The molecule has 0 saturated carbocycles. The highest BCUT2D eigenvalue weighted by atomic mass is 16.5. The van der Waals surface area contributed by atoms with Crippen molar-refractivity contribution >= 4 is 0 Å². The summed E-state index contributed by atoms with van der Waals surface area (Å²) in [5.74, 6) is 1.24. The predicted molar refractivity (Wildman–Crippen MR) is 62.9 cm³/mol. The van der Waals surface area contributed by atoms with Gasteiger partial charge in [0.2, 0.25) is 5.89 Å². The van der Waals surface area contributed by atoms with Crippen molar-refractivity contribution in [1.29, 1.82) is 0 Å². The van der Waals surface area contributed by atoms with E-state index in [1.807, 2.05) is 0 Å². The summed E-state index contributed by atoms with van der Waals surface area (Å²) in [4.78, 5) is 4.43. The van der Waals surface area contributed by atoms with Crippen LogP contribution in [-0.2, 0) is 21.4 Å². The van der Waals surface area contributed by atoms with Gasteiger partial charge in [-0.1, -0.05) is 5.16 Å². The fourth-order valence-electron chi connectivity index (χ4n) is 2.50. The first-order valence-electron chi connectivity index (χ1n) is 6.58. The second kappa shape index (κ2) is 4.95. The lowest BCUT2D eigenvalue weighted by molar-refractivity contribution is 0.0400. The van der Waals surface area contributed by atoms with E-state index in [2.05, 4.69) is 10.1 Å². The van der Waals surface area contributed by atoms with Gasteiger partial charge in [0.05, 0.1) is 6.10 Å². The van der Waals surface area contributed by atoms with Crippen molar-refractivity contribution in [2.24, 2.45) is 5.73 Å². The fourth-order valence-corrected chi connectivity index (χ4v) is 2.50. The normalized spacial score (nSPS) is 27.5. The highest BCUT2D eigenvalue weighted by Crippen LogP contribution is 2.28. The van der Waals surface area contributed by atoms with E-state index in [1.54, 1.807) is 0 Å². The molecule has 1 atom stereocenters. The molecule has 2 N–H and O–H groups in total. The third-order valence-corrected chi connectivity index (χ3v) is 3.71. The molecule has 2 aliphatic rings. The highest BCUT2D eigenvalue weighted by Gasteiger charge is 2.36. The first kappa shape index (κ1) is 12.1. The van der Waals surface area contributed by atoms with Gasteiger partial charge in [-0.05, 0) is 25.7 Å². The Hall–Kier alpha value is -0.980. The minimum absolute atomic E-state index is 0.235. The Morgan fingerprint density at radius 3 is 2.83 bits per heavy atom. The first-order chi connectivity index (χ1) is 8.76. The zero-order valence-corrected chi connectivity index (χ0v) is 10.4. The molecule has 6 heteroatoms. The van der Waals surface area contributed by atoms with Crippen LogP contribution in [0.1, 0.15) is 37.4 Å². The molecular weight excluding hydrogens is 234 g/mol. The van der Waals surface area contributed by atoms with E-state index in [0.29, 0.717) is 24.9 Å². The lowest BCUT2D eigenvalue weighted by Gasteiger charge is -2.29. The topological polar surface area (TPSA) is 83.4 Å². The second-order valence-electron chi connectivity index (χ2n) is 5.12. The lowest BCUT2D eigenvalue weighted by atomic mass is 9.91. The quantitative estimate of drug-likeness (QED) is 0.856. The number of aromatic nitrogens is 2. The summed E-state index contributed by atoms with van der Waals surface area (Å²) < 4.78 is 16.2. The average molecular weight is 253 g/mol. The SMILES string of the molecule is NC1(c2nc(CC3CCCO3)no2)CCOCC1. The summed E-state index contributed by atoms with van der Waals surface area (Å²) in [5.41, 5.74) is 5.78. The second-order valence-corrected chi connectivity index (χ2v) is 5.12. The molecule has 0 amide bonds. The predicted octanol–water partition coefficient (Wildman–Crippen LogP) is 0.755. The Morgan fingerprint density at radius 1 is 1.28 bits per heavy atom. The molecular formula is C12H19N3O3. The van der Waals surface area contributed by atoms with E-state index >= 15 is 0 Å². The molecule has 0 radical (unpaired) electrons. The third-order valence-electron chi connectivity index (χ3n) is 3.71. The van der Waals surface area contributed by atoms with Crippen molar-refractivity contribution in [3.05, 3.63) is 11.7 Å². The lowest BCUT2D eigenvalue weighted by Crippen LogP contribution is -2.42. The highest BCUT2D eigenvalue weighted by molar-refractivity contribution is 5.04. The van der Waals surface area contributed by atoms with Crippen LogP contribution in [0.3, 0.4) is 0 Å². The van der Waals surface area contributed by atoms with Crippen LogP contribution in [-0.4, -0.2) is 36.1 Å². The van der Waals surface area contributed by atoms with E-state index in [1.165, 1.54) is 0 Å². The van der Waals surface area contributed by atoms with Crippen LogP contribution >= 0.6 is 0 Å². The molecule has 1 aromatic rings. The molecule has 6 nitrogen and oxygen atoms in total. The molecule has 1 unspecified atom stereocenters. The molecule has 0 aliphatic carbocycles. The number of nitrogens with zero attached hydrogens (tertiary/aromatic N) is 2. The minimum Gasteiger partial charge on any atom is -0.381 e. The van der Waals surface area contributed by atoms with Crippen LogP contribution in [0.4, 0.5) is 0 Å². The summed E-state index contributed by atoms with van der Waals surface area (Å²) in [6.45, 7) is 2.15. The number of rotatable bonds is 3. The Kier molecular flexibility index (Phi) is 3.32. The van der Waals surface area contributed by atoms with Gasteiger partial charge >= 0.3 is 0 Å². The molecule has 3 rings (SSSR count). The number of nitrogens with two attached hydrogens (primary N) is 1. The number of hydrogen-bond acceptors (Lipinski definition) is 6. The Morgan fingerprint density at radius 2 is 2.11 bits per heavy atom. The van der Waals surface area contributed by atoms with Crippen LogP contribution in [0.15, 0.2) is 4.52 Å². The molecule has 18 heavy (non-hydrogen) atoms. The standard InChI is InChI=1S/C12H19N3O3/c13-12(3-6-16-7-4-12)11-14-10(15-18-11)8-9-2-1-5-17-9/h9H,1-8,13H2. The van der Waals surface area contributed by atoms with Crippen molar-refractivity contribution < 1.29 is 14.0 Å². The van der Waals surface area contributed by atoms with Gasteiger partial charge in [-0.2, -0.15) is 4.98 Å². The van der Waals surface area contributed by atoms with Crippen LogP contribution < -0.4 is 5.73 Å². The van der Waals surface area contributed by atoms with E-state index < -0.39 is 5.54 Å². The monoisotopic (exact) mass is 253 g/mol. The van der Waals surface area contributed by atoms with Gasteiger partial charge < -0.3 is 19.7 Å². The van der Waals surface area contributed by atoms with Crippen molar-refractivity contribution in [3.63, 3.8) is 0 Å². The minimum atomic E-state index is -0.514. The maximum absolute atomic E-state index is 6.29. The van der Waals surface area contributed by atoms with E-state index in [0.717, 1.165) is 38.7 Å². The van der Waals surface area contributed by atoms with Crippen molar-refractivity contribution in [1.82, 2.24) is 10.1 Å². The molecule has 3 heterocycles. The molecule has 2 fully saturated rings. The van der Waals surface area contributed by atoms with E-state index in [-0.39, 0.29) is 6.10 Å². The van der Waals surface area contributed by atoms with Gasteiger partial charge in [0.15, 0.2) is 5.82 Å². The molecule has 0 aromatic carbocycles. The zero-order chi connectivity index (χ0) is 12.4. The summed E-state index contributed by atoms with van der Waals surface area (Å²) in [5, 5.41) is 4.01. The van der Waals surface area contributed by atoms with E-state index in [9.17, 15) is 0 Å². The zero-order valence-electron chi connectivity index (χ0n) is 10.4. The molecule has 1 aromatic heterocycles. The molecule has 0 spiro atoms. The number of hydrogen-bond donors (Lipinski definition) is 1. The molecule has 0 bridgehead atoms. The van der Waals surface area contributed by atoms with Gasteiger partial charge in [0.25, 0.3) is 0 Å². The summed E-state index contributed by atoms with van der Waals surface area (Å²) in [6, 6.07) is 0. The smallest absolute Gasteiger partial charge is 0.246 e. The summed E-state index contributed by atoms with van der Waals surface area (Å²) >= 11 is 0. The van der Waals surface area contributed by atoms with Gasteiger partial charge in [-0.15, -0.1) is 0 Å². The summed E-state index contributed by atoms with van der Waals surface area (Å²) in [6.07, 6.45) is 4.61. The Labute approximate surface area is 106 Å². The fraction of sp³-hybridized carbons (Fsp3) is 0.833. The molecule has 2 saturated heterocycles. The van der Waals surface area contributed by atoms with Gasteiger partial charge in [0.1, 0.15) is 5.54 Å². The van der Waals surface area contributed by atoms with Gasteiger partial charge in [-0.25, -0.2) is 0 Å². The van der Waals surface area contributed by atoms with Crippen molar-refractivity contribution in [2.45, 2.75) is 43.7 Å². The van der Waals surface area contributed by atoms with Crippen molar-refractivity contribution in [3.8, 4) is 0 Å². The third kappa shape index (κ3) is 2.41. The molecule has 2 aliphatic heterocycles. The van der Waals surface area contributed by atoms with Crippen molar-refractivity contribution in [2.75, 3.05) is 19.8 Å². The maximum atomic E-state index is 6.29. The number of ether oxygens (including phenoxy) is 2. The average Bonchev–Trinajstić information content (AvgIpc) is 3.02. The van der Waals surface area contributed by atoms with Crippen LogP contribution in [0.5, 0.6) is 0 Å². The van der Waals surface area contributed by atoms with Gasteiger partial charge in [-0.3, -0.25) is 0 Å². The van der Waals surface area contributed by atoms with Crippen LogP contribution in [0, 0.1) is 0 Å². The van der Waals surface area contributed by atoms with Crippen LogP contribution in [0.2, 0.25) is 0 Å². The Balaban J connectivity index is 1.68. The summed E-state index contributed by atoms with van der Waals surface area (Å²) in [7, 11) is 0. The van der Waals surface area contributed by atoms with Crippen LogP contribution in [0.25, 0.3) is 0 Å². The largest absolute Gasteiger partial charge is 0.381 e. The first-order valence-corrected chi connectivity index (χ1v) is 6.58. The Bertz CT molecular complexity index is 395. The van der Waals surface area contributed by atoms with E-state index in [4.69, 9.17) is 19.7 Å². The van der Waals surface area contributed by atoms with Gasteiger partial charge in [0, 0.05) is 26.2 Å². The molecule has 100 valence electrons.